The van der Waals surface area contributed by atoms with Crippen molar-refractivity contribution in [1.29, 1.82) is 0 Å². The number of methoxy groups -OCH3 is 2. The van der Waals surface area contributed by atoms with E-state index in [9.17, 15) is 14.4 Å². The second-order valence-electron chi connectivity index (χ2n) is 7.32. The molecule has 0 radical (unpaired) electrons. The summed E-state index contributed by atoms with van der Waals surface area (Å²) in [5.41, 5.74) is 2.12. The number of carboxylic acids is 1. The molecule has 11 heteroatoms. The molecule has 0 aliphatic carbocycles. The van der Waals surface area contributed by atoms with Crippen LogP contribution < -0.4 is 20.1 Å². The van der Waals surface area contributed by atoms with Crippen LogP contribution in [0.2, 0.25) is 0 Å². The van der Waals surface area contributed by atoms with E-state index < -0.39 is 5.97 Å². The fraction of sp³-hybridized carbons (Fsp3) is 0.250. The quantitative estimate of drug-likeness (QED) is 0.312. The molecule has 0 saturated carbocycles. The normalized spacial score (nSPS) is 11.4. The van der Waals surface area contributed by atoms with Gasteiger partial charge in [-0.2, -0.15) is 0 Å². The van der Waals surface area contributed by atoms with E-state index in [1.54, 1.807) is 51.5 Å². The van der Waals surface area contributed by atoms with Crippen molar-refractivity contribution >= 4 is 51.7 Å². The number of ether oxygens (including phenoxy) is 2. The molecule has 1 atom stereocenters. The molecule has 184 valence electrons. The Balaban J connectivity index is 1.55. The molecular weight excluding hydrogens is 490 g/mol. The van der Waals surface area contributed by atoms with Crippen LogP contribution in [0.5, 0.6) is 11.5 Å². The van der Waals surface area contributed by atoms with Gasteiger partial charge in [0.15, 0.2) is 16.6 Å². The molecule has 3 N–H and O–H groups in total. The van der Waals surface area contributed by atoms with Crippen LogP contribution in [0.3, 0.4) is 0 Å². The Labute approximate surface area is 210 Å². The lowest BCUT2D eigenvalue weighted by atomic mass is 10.1. The van der Waals surface area contributed by atoms with Crippen LogP contribution in [0.25, 0.3) is 11.3 Å². The fourth-order valence-corrected chi connectivity index (χ4v) is 4.57. The summed E-state index contributed by atoms with van der Waals surface area (Å²) in [7, 11) is 3.14. The third kappa shape index (κ3) is 7.46. The van der Waals surface area contributed by atoms with Crippen molar-refractivity contribution in [3.05, 3.63) is 47.8 Å². The first kappa shape index (κ1) is 26.0. The van der Waals surface area contributed by atoms with Crippen LogP contribution in [0.1, 0.15) is 19.8 Å². The molecule has 1 heterocycles. The summed E-state index contributed by atoms with van der Waals surface area (Å²) in [6.45, 7) is 1.80. The Bertz CT molecular complexity index is 1200. The predicted molar refractivity (Wildman–Crippen MR) is 137 cm³/mol. The highest BCUT2D eigenvalue weighted by Gasteiger charge is 2.17. The van der Waals surface area contributed by atoms with Crippen molar-refractivity contribution in [2.24, 2.45) is 0 Å². The molecular formula is C24H25N3O6S2. The number of aliphatic carboxylic acids is 1. The van der Waals surface area contributed by atoms with Crippen molar-refractivity contribution in [2.75, 3.05) is 24.9 Å². The van der Waals surface area contributed by atoms with Crippen LogP contribution >= 0.6 is 23.1 Å². The minimum Gasteiger partial charge on any atom is -0.493 e. The molecule has 2 aromatic carbocycles. The second kappa shape index (κ2) is 12.2. The number of amides is 2. The molecule has 1 aromatic heterocycles. The van der Waals surface area contributed by atoms with E-state index in [-0.39, 0.29) is 29.9 Å². The lowest BCUT2D eigenvalue weighted by Gasteiger charge is -2.11. The highest BCUT2D eigenvalue weighted by molar-refractivity contribution is 8.00. The summed E-state index contributed by atoms with van der Waals surface area (Å²) in [6.07, 6.45) is -0.311. The Morgan fingerprint density at radius 1 is 1.03 bits per heavy atom. The molecule has 0 fully saturated rings. The topological polar surface area (TPSA) is 127 Å². The summed E-state index contributed by atoms with van der Waals surface area (Å²) in [4.78, 5) is 40.3. The van der Waals surface area contributed by atoms with Crippen molar-refractivity contribution in [3.8, 4) is 22.8 Å². The molecule has 2 amide bonds. The number of hydrogen-bond donors (Lipinski definition) is 3. The van der Waals surface area contributed by atoms with Crippen LogP contribution in [-0.2, 0) is 14.4 Å². The van der Waals surface area contributed by atoms with Crippen LogP contribution in [0.15, 0.2) is 52.7 Å². The lowest BCUT2D eigenvalue weighted by Crippen LogP contribution is -2.22. The van der Waals surface area contributed by atoms with E-state index in [4.69, 9.17) is 14.6 Å². The molecule has 0 spiro atoms. The van der Waals surface area contributed by atoms with Gasteiger partial charge in [-0.05, 0) is 49.4 Å². The van der Waals surface area contributed by atoms with E-state index in [1.165, 1.54) is 23.1 Å². The summed E-state index contributed by atoms with van der Waals surface area (Å²) in [6, 6.07) is 12.5. The molecule has 1 unspecified atom stereocenters. The number of rotatable bonds is 11. The zero-order valence-corrected chi connectivity index (χ0v) is 21.0. The maximum absolute atomic E-state index is 12.7. The van der Waals surface area contributed by atoms with E-state index in [0.29, 0.717) is 28.0 Å². The summed E-state index contributed by atoms with van der Waals surface area (Å²) in [5, 5.41) is 16.1. The number of aromatic nitrogens is 1. The molecule has 0 saturated heterocycles. The average Bonchev–Trinajstić information content (AvgIpc) is 3.31. The van der Waals surface area contributed by atoms with Gasteiger partial charge in [0.1, 0.15) is 0 Å². The van der Waals surface area contributed by atoms with Crippen molar-refractivity contribution < 1.29 is 29.0 Å². The fourth-order valence-electron chi connectivity index (χ4n) is 2.98. The molecule has 0 aliphatic rings. The molecule has 9 nitrogen and oxygen atoms in total. The van der Waals surface area contributed by atoms with Crippen molar-refractivity contribution in [1.82, 2.24) is 4.98 Å². The number of benzene rings is 2. The number of carbonyl (C=O) groups is 3. The van der Waals surface area contributed by atoms with E-state index >= 15 is 0 Å². The Morgan fingerprint density at radius 3 is 2.40 bits per heavy atom. The molecule has 0 bridgehead atoms. The zero-order chi connectivity index (χ0) is 25.4. The van der Waals surface area contributed by atoms with Crippen molar-refractivity contribution in [2.45, 2.75) is 29.9 Å². The molecule has 0 aliphatic heterocycles. The van der Waals surface area contributed by atoms with Gasteiger partial charge in [0.05, 0.1) is 31.6 Å². The second-order valence-corrected chi connectivity index (χ2v) is 9.60. The number of carbonyl (C=O) groups excluding carboxylic acids is 2. The number of hydrogen-bond acceptors (Lipinski definition) is 8. The van der Waals surface area contributed by atoms with Gasteiger partial charge in [0.2, 0.25) is 11.8 Å². The van der Waals surface area contributed by atoms with E-state index in [0.717, 1.165) is 10.5 Å². The number of carboxylic acid groups (broad SMARTS) is 1. The minimum absolute atomic E-state index is 0.0898. The SMILES string of the molecule is COc1ccc(-c2csc(NC(=O)C(C)Sc3ccc(NC(=O)CCC(=O)O)cc3)n2)cc1OC. The first-order valence-electron chi connectivity index (χ1n) is 10.6. The number of thioether (sulfide) groups is 1. The maximum Gasteiger partial charge on any atom is 0.303 e. The third-order valence-electron chi connectivity index (χ3n) is 4.80. The molecule has 3 rings (SSSR count). The van der Waals surface area contributed by atoms with Gasteiger partial charge in [-0.25, -0.2) is 4.98 Å². The monoisotopic (exact) mass is 515 g/mol. The van der Waals surface area contributed by atoms with Crippen LogP contribution in [0.4, 0.5) is 10.8 Å². The van der Waals surface area contributed by atoms with Gasteiger partial charge in [0, 0.05) is 27.9 Å². The largest absolute Gasteiger partial charge is 0.493 e. The molecule has 35 heavy (non-hydrogen) atoms. The highest BCUT2D eigenvalue weighted by atomic mass is 32.2. The van der Waals surface area contributed by atoms with E-state index in [1.807, 2.05) is 17.5 Å². The number of anilines is 2. The van der Waals surface area contributed by atoms with Gasteiger partial charge < -0.3 is 25.2 Å². The van der Waals surface area contributed by atoms with Gasteiger partial charge in [-0.15, -0.1) is 23.1 Å². The van der Waals surface area contributed by atoms with Gasteiger partial charge >= 0.3 is 5.97 Å². The Hall–Kier alpha value is -3.57. The van der Waals surface area contributed by atoms with Gasteiger partial charge in [-0.3, -0.25) is 14.4 Å². The average molecular weight is 516 g/mol. The van der Waals surface area contributed by atoms with Gasteiger partial charge in [0.25, 0.3) is 0 Å². The predicted octanol–water partition coefficient (Wildman–Crippen LogP) is 4.75. The van der Waals surface area contributed by atoms with Gasteiger partial charge in [-0.1, -0.05) is 0 Å². The van der Waals surface area contributed by atoms with Crippen LogP contribution in [-0.4, -0.2) is 47.3 Å². The zero-order valence-electron chi connectivity index (χ0n) is 19.4. The standard InChI is InChI=1S/C24H25N3O6S2/c1-14(35-17-7-5-16(6-8-17)25-21(28)10-11-22(29)30)23(31)27-24-26-18(13-34-24)15-4-9-19(32-2)20(12-15)33-3/h4-9,12-14H,10-11H2,1-3H3,(H,25,28)(H,29,30)(H,26,27,31). The molecule has 3 aromatic rings. The maximum atomic E-state index is 12.7. The number of nitrogens with one attached hydrogen (secondary N) is 2. The summed E-state index contributed by atoms with van der Waals surface area (Å²) < 4.78 is 10.6. The third-order valence-corrected chi connectivity index (χ3v) is 6.67. The smallest absolute Gasteiger partial charge is 0.303 e. The minimum atomic E-state index is -1.02. The summed E-state index contributed by atoms with van der Waals surface area (Å²) >= 11 is 2.70. The lowest BCUT2D eigenvalue weighted by molar-refractivity contribution is -0.138. The Kier molecular flexibility index (Phi) is 9.10. The van der Waals surface area contributed by atoms with Crippen molar-refractivity contribution in [3.63, 3.8) is 0 Å². The first-order chi connectivity index (χ1) is 16.8. The first-order valence-corrected chi connectivity index (χ1v) is 12.3. The Morgan fingerprint density at radius 2 is 1.74 bits per heavy atom. The van der Waals surface area contributed by atoms with Crippen LogP contribution in [0, 0.1) is 0 Å². The van der Waals surface area contributed by atoms with E-state index in [2.05, 4.69) is 15.6 Å². The summed E-state index contributed by atoms with van der Waals surface area (Å²) in [5.74, 6) is -0.348. The number of nitrogens with zero attached hydrogens (tertiary/aromatic N) is 1. The highest BCUT2D eigenvalue weighted by Crippen LogP contribution is 2.34. The number of thiazole rings is 1.